The van der Waals surface area contributed by atoms with Gasteiger partial charge in [-0.05, 0) is 59.3 Å². The van der Waals surface area contributed by atoms with Crippen molar-refractivity contribution >= 4 is 37.8 Å². The molecule has 0 aliphatic carbocycles. The quantitative estimate of drug-likeness (QED) is 0.716. The van der Waals surface area contributed by atoms with Crippen LogP contribution in [0.5, 0.6) is 0 Å². The molecule has 1 fully saturated rings. The number of nitrogens with zero attached hydrogens (tertiary/aromatic N) is 1. The van der Waals surface area contributed by atoms with E-state index in [1.165, 1.54) is 6.42 Å². The Kier molecular flexibility index (Phi) is 4.84. The molecule has 0 bridgehead atoms. The van der Waals surface area contributed by atoms with Crippen LogP contribution in [-0.2, 0) is 0 Å². The molecule has 1 unspecified atom stereocenters. The van der Waals surface area contributed by atoms with E-state index in [0.29, 0.717) is 5.92 Å². The third kappa shape index (κ3) is 3.15. The maximum Gasteiger partial charge on any atom is 0.255 e. The Hall–Kier alpha value is -0.350. The Morgan fingerprint density at radius 2 is 2.28 bits per heavy atom. The average molecular weight is 375 g/mol. The van der Waals surface area contributed by atoms with Crippen molar-refractivity contribution in [2.24, 2.45) is 5.92 Å². The minimum Gasteiger partial charge on any atom is -0.338 e. The van der Waals surface area contributed by atoms with Crippen molar-refractivity contribution < 1.29 is 4.79 Å². The fourth-order valence-electron chi connectivity index (χ4n) is 2.34. The van der Waals surface area contributed by atoms with Crippen molar-refractivity contribution in [3.05, 3.63) is 33.8 Å². The third-order valence-electron chi connectivity index (χ3n) is 3.38. The first-order valence-corrected chi connectivity index (χ1v) is 8.14. The van der Waals surface area contributed by atoms with Gasteiger partial charge in [0.05, 0.1) is 5.56 Å². The molecule has 1 aliphatic heterocycles. The summed E-state index contributed by atoms with van der Waals surface area (Å²) in [6.45, 7) is 3.77. The second-order valence-corrected chi connectivity index (χ2v) is 6.40. The monoisotopic (exact) mass is 373 g/mol. The number of amides is 1. The number of benzene rings is 1. The van der Waals surface area contributed by atoms with Gasteiger partial charge < -0.3 is 4.90 Å². The second kappa shape index (κ2) is 6.20. The number of hydrogen-bond acceptors (Lipinski definition) is 1. The van der Waals surface area contributed by atoms with Gasteiger partial charge in [0, 0.05) is 22.9 Å². The zero-order valence-corrected chi connectivity index (χ0v) is 13.6. The topological polar surface area (TPSA) is 20.3 Å². The second-order valence-electron chi connectivity index (χ2n) is 4.90. The lowest BCUT2D eigenvalue weighted by Crippen LogP contribution is -2.40. The Morgan fingerprint density at radius 1 is 1.50 bits per heavy atom. The summed E-state index contributed by atoms with van der Waals surface area (Å²) in [7, 11) is 0. The minimum atomic E-state index is 0.146. The van der Waals surface area contributed by atoms with Gasteiger partial charge in [-0.2, -0.15) is 0 Å². The van der Waals surface area contributed by atoms with Crippen molar-refractivity contribution in [2.75, 3.05) is 18.4 Å². The van der Waals surface area contributed by atoms with Crippen molar-refractivity contribution in [3.63, 3.8) is 0 Å². The molecule has 1 aromatic carbocycles. The molecule has 0 aromatic heterocycles. The van der Waals surface area contributed by atoms with Crippen LogP contribution in [0, 0.1) is 12.8 Å². The number of halogens is 2. The number of carbonyl (C=O) groups excluding carboxylic acids is 1. The largest absolute Gasteiger partial charge is 0.338 e. The summed E-state index contributed by atoms with van der Waals surface area (Å²) >= 11 is 7.01. The molecular weight excluding hydrogens is 358 g/mol. The Labute approximate surface area is 125 Å². The van der Waals surface area contributed by atoms with Crippen LogP contribution >= 0.6 is 31.9 Å². The van der Waals surface area contributed by atoms with Gasteiger partial charge in [-0.1, -0.05) is 22.0 Å². The van der Waals surface area contributed by atoms with E-state index in [1.807, 2.05) is 30.0 Å². The molecule has 4 heteroatoms. The zero-order valence-electron chi connectivity index (χ0n) is 10.5. The molecule has 1 aliphatic rings. The van der Waals surface area contributed by atoms with E-state index in [1.54, 1.807) is 0 Å². The molecular formula is C14H17Br2NO. The van der Waals surface area contributed by atoms with Crippen molar-refractivity contribution in [1.82, 2.24) is 4.90 Å². The van der Waals surface area contributed by atoms with Crippen LogP contribution in [0.2, 0.25) is 0 Å². The van der Waals surface area contributed by atoms with E-state index in [9.17, 15) is 4.79 Å². The van der Waals surface area contributed by atoms with Crippen LogP contribution in [0.4, 0.5) is 0 Å². The molecule has 1 aromatic rings. The minimum absolute atomic E-state index is 0.146. The van der Waals surface area contributed by atoms with E-state index in [2.05, 4.69) is 31.9 Å². The maximum absolute atomic E-state index is 12.5. The number of piperidine rings is 1. The van der Waals surface area contributed by atoms with Crippen LogP contribution in [0.15, 0.2) is 22.7 Å². The van der Waals surface area contributed by atoms with Crippen LogP contribution < -0.4 is 0 Å². The van der Waals surface area contributed by atoms with Crippen LogP contribution in [0.3, 0.4) is 0 Å². The van der Waals surface area contributed by atoms with Crippen LogP contribution in [0.1, 0.15) is 28.8 Å². The van der Waals surface area contributed by atoms with Crippen molar-refractivity contribution in [3.8, 4) is 0 Å². The van der Waals surface area contributed by atoms with E-state index < -0.39 is 0 Å². The summed E-state index contributed by atoms with van der Waals surface area (Å²) in [5, 5.41) is 0.978. The molecule has 0 radical (unpaired) electrons. The first-order chi connectivity index (χ1) is 8.61. The molecule has 0 saturated carbocycles. The summed E-state index contributed by atoms with van der Waals surface area (Å²) in [5.74, 6) is 0.736. The Balaban J connectivity index is 2.15. The normalized spacial score (nSPS) is 19.9. The highest BCUT2D eigenvalue weighted by atomic mass is 79.9. The predicted molar refractivity (Wildman–Crippen MR) is 81.3 cm³/mol. The van der Waals surface area contributed by atoms with Gasteiger partial charge in [-0.3, -0.25) is 4.79 Å². The number of alkyl halides is 1. The summed E-state index contributed by atoms with van der Waals surface area (Å²) in [5.41, 5.74) is 1.94. The number of carbonyl (C=O) groups is 1. The van der Waals surface area contributed by atoms with Gasteiger partial charge in [0.2, 0.25) is 0 Å². The predicted octanol–water partition coefficient (Wildman–Crippen LogP) is 4.00. The van der Waals surface area contributed by atoms with Crippen molar-refractivity contribution in [2.45, 2.75) is 19.8 Å². The fraction of sp³-hybridized carbons (Fsp3) is 0.500. The molecule has 1 saturated heterocycles. The van der Waals surface area contributed by atoms with Gasteiger partial charge in [0.1, 0.15) is 0 Å². The highest BCUT2D eigenvalue weighted by molar-refractivity contribution is 9.10. The lowest BCUT2D eigenvalue weighted by Gasteiger charge is -2.32. The van der Waals surface area contributed by atoms with E-state index in [0.717, 1.165) is 40.4 Å². The van der Waals surface area contributed by atoms with E-state index in [-0.39, 0.29) is 5.91 Å². The first kappa shape index (κ1) is 14.1. The third-order valence-corrected chi connectivity index (χ3v) is 4.95. The molecule has 1 heterocycles. The van der Waals surface area contributed by atoms with Crippen molar-refractivity contribution in [1.29, 1.82) is 0 Å². The highest BCUT2D eigenvalue weighted by Crippen LogP contribution is 2.24. The Morgan fingerprint density at radius 3 is 2.94 bits per heavy atom. The first-order valence-electron chi connectivity index (χ1n) is 6.23. The van der Waals surface area contributed by atoms with Crippen LogP contribution in [0.25, 0.3) is 0 Å². The molecule has 2 rings (SSSR count). The zero-order chi connectivity index (χ0) is 13.1. The molecule has 98 valence electrons. The average Bonchev–Trinajstić information content (AvgIpc) is 2.38. The summed E-state index contributed by atoms with van der Waals surface area (Å²) in [6, 6.07) is 5.91. The molecule has 18 heavy (non-hydrogen) atoms. The van der Waals surface area contributed by atoms with Gasteiger partial charge in [0.15, 0.2) is 0 Å². The summed E-state index contributed by atoms with van der Waals surface area (Å²) in [4.78, 5) is 14.5. The van der Waals surface area contributed by atoms with Crippen LogP contribution in [-0.4, -0.2) is 29.2 Å². The van der Waals surface area contributed by atoms with Gasteiger partial charge in [-0.15, -0.1) is 0 Å². The number of aryl methyl sites for hydroxylation is 1. The van der Waals surface area contributed by atoms with E-state index in [4.69, 9.17) is 0 Å². The van der Waals surface area contributed by atoms with Gasteiger partial charge in [-0.25, -0.2) is 0 Å². The Bertz CT molecular complexity index is 447. The molecule has 1 amide bonds. The lowest BCUT2D eigenvalue weighted by molar-refractivity contribution is 0.0685. The maximum atomic E-state index is 12.5. The smallest absolute Gasteiger partial charge is 0.255 e. The lowest BCUT2D eigenvalue weighted by atomic mass is 9.99. The standard InChI is InChI=1S/C14H17Br2NO/c1-10-4-5-12(13(16)7-10)14(18)17-6-2-3-11(8-15)9-17/h4-5,7,11H,2-3,6,8-9H2,1H3. The van der Waals surface area contributed by atoms with Gasteiger partial charge >= 0.3 is 0 Å². The highest BCUT2D eigenvalue weighted by Gasteiger charge is 2.24. The fourth-order valence-corrected chi connectivity index (χ4v) is 3.53. The number of rotatable bonds is 2. The number of hydrogen-bond donors (Lipinski definition) is 0. The summed E-state index contributed by atoms with van der Waals surface area (Å²) < 4.78 is 0.897. The number of likely N-dealkylation sites (tertiary alicyclic amines) is 1. The van der Waals surface area contributed by atoms with E-state index >= 15 is 0 Å². The molecule has 0 spiro atoms. The molecule has 2 nitrogen and oxygen atoms in total. The van der Waals surface area contributed by atoms with Gasteiger partial charge in [0.25, 0.3) is 5.91 Å². The molecule has 0 N–H and O–H groups in total. The SMILES string of the molecule is Cc1ccc(C(=O)N2CCCC(CBr)C2)c(Br)c1. The molecule has 1 atom stereocenters. The summed E-state index contributed by atoms with van der Waals surface area (Å²) in [6.07, 6.45) is 2.32.